The first-order valence-electron chi connectivity index (χ1n) is 6.31. The highest BCUT2D eigenvalue weighted by molar-refractivity contribution is 5.44. The van der Waals surface area contributed by atoms with E-state index in [0.717, 1.165) is 31.7 Å². The highest BCUT2D eigenvalue weighted by Crippen LogP contribution is 2.32. The summed E-state index contributed by atoms with van der Waals surface area (Å²) in [5.41, 5.74) is 2.68. The molecule has 0 aliphatic carbocycles. The number of para-hydroxylation sites is 1. The van der Waals surface area contributed by atoms with Gasteiger partial charge < -0.3 is 10.1 Å². The zero-order valence-corrected chi connectivity index (χ0v) is 10.3. The van der Waals surface area contributed by atoms with Gasteiger partial charge in [-0.15, -0.1) is 0 Å². The first kappa shape index (κ1) is 11.5. The Balaban J connectivity index is 2.19. The number of rotatable bonds is 4. The smallest absolute Gasteiger partial charge is 0.127 e. The minimum absolute atomic E-state index is 0.382. The second kappa shape index (κ2) is 5.35. The molecule has 1 aliphatic heterocycles. The van der Waals surface area contributed by atoms with Crippen LogP contribution < -0.4 is 10.1 Å². The first-order chi connectivity index (χ1) is 7.83. The van der Waals surface area contributed by atoms with Crippen molar-refractivity contribution in [3.05, 3.63) is 29.3 Å². The number of nitrogens with one attached hydrogen (secondary N) is 1. The van der Waals surface area contributed by atoms with Gasteiger partial charge in [0.1, 0.15) is 5.75 Å². The summed E-state index contributed by atoms with van der Waals surface area (Å²) in [6.07, 6.45) is 3.47. The van der Waals surface area contributed by atoms with Crippen LogP contribution in [0.5, 0.6) is 5.75 Å². The summed E-state index contributed by atoms with van der Waals surface area (Å²) < 4.78 is 5.82. The first-order valence-corrected chi connectivity index (χ1v) is 6.31. The Morgan fingerprint density at radius 2 is 2.31 bits per heavy atom. The van der Waals surface area contributed by atoms with Crippen molar-refractivity contribution in [2.24, 2.45) is 0 Å². The van der Waals surface area contributed by atoms with E-state index >= 15 is 0 Å². The lowest BCUT2D eigenvalue weighted by molar-refractivity contribution is 0.282. The fraction of sp³-hybridized carbons (Fsp3) is 0.571. The highest BCUT2D eigenvalue weighted by atomic mass is 16.5. The van der Waals surface area contributed by atoms with Crippen LogP contribution in [0.25, 0.3) is 0 Å². The van der Waals surface area contributed by atoms with E-state index in [-0.39, 0.29) is 0 Å². The molecule has 88 valence electrons. The Kier molecular flexibility index (Phi) is 3.83. The molecule has 2 heteroatoms. The molecule has 1 atom stereocenters. The summed E-state index contributed by atoms with van der Waals surface area (Å²) in [6, 6.07) is 6.89. The number of aryl methyl sites for hydroxylation is 1. The Morgan fingerprint density at radius 1 is 1.44 bits per heavy atom. The van der Waals surface area contributed by atoms with Gasteiger partial charge in [0.2, 0.25) is 0 Å². The summed E-state index contributed by atoms with van der Waals surface area (Å²) in [4.78, 5) is 0. The van der Waals surface area contributed by atoms with E-state index in [1.165, 1.54) is 17.5 Å². The van der Waals surface area contributed by atoms with Gasteiger partial charge >= 0.3 is 0 Å². The standard InChI is InChI=1S/C14H21NO/c1-3-9-15-11(2)13-8-4-6-12-7-5-10-16-14(12)13/h4,6,8,11,15H,3,5,7,9-10H2,1-2H3. The van der Waals surface area contributed by atoms with Gasteiger partial charge in [0.25, 0.3) is 0 Å². The number of benzene rings is 1. The normalized spacial score (nSPS) is 16.4. The molecule has 0 saturated heterocycles. The quantitative estimate of drug-likeness (QED) is 0.840. The van der Waals surface area contributed by atoms with E-state index in [1.54, 1.807) is 0 Å². The number of hydrogen-bond donors (Lipinski definition) is 1. The monoisotopic (exact) mass is 219 g/mol. The molecule has 2 rings (SSSR count). The molecule has 0 bridgehead atoms. The van der Waals surface area contributed by atoms with Crippen LogP contribution in [0.15, 0.2) is 18.2 Å². The van der Waals surface area contributed by atoms with Crippen LogP contribution in [0.3, 0.4) is 0 Å². The molecule has 2 nitrogen and oxygen atoms in total. The minimum Gasteiger partial charge on any atom is -0.493 e. The largest absolute Gasteiger partial charge is 0.493 e. The van der Waals surface area contributed by atoms with E-state index in [0.29, 0.717) is 6.04 Å². The summed E-state index contributed by atoms with van der Waals surface area (Å²) in [7, 11) is 0. The number of ether oxygens (including phenoxy) is 1. The topological polar surface area (TPSA) is 21.3 Å². The SMILES string of the molecule is CCCNC(C)c1cccc2c1OCCC2. The van der Waals surface area contributed by atoms with E-state index in [2.05, 4.69) is 37.4 Å². The van der Waals surface area contributed by atoms with Crippen LogP contribution >= 0.6 is 0 Å². The number of hydrogen-bond acceptors (Lipinski definition) is 2. The lowest BCUT2D eigenvalue weighted by atomic mass is 9.99. The van der Waals surface area contributed by atoms with Crippen LogP contribution in [0.2, 0.25) is 0 Å². The van der Waals surface area contributed by atoms with Gasteiger partial charge in [-0.05, 0) is 38.3 Å². The second-order valence-electron chi connectivity index (χ2n) is 4.46. The third-order valence-corrected chi connectivity index (χ3v) is 3.13. The van der Waals surface area contributed by atoms with Crippen molar-refractivity contribution in [2.45, 2.75) is 39.2 Å². The maximum atomic E-state index is 5.82. The van der Waals surface area contributed by atoms with Crippen LogP contribution in [0.4, 0.5) is 0 Å². The minimum atomic E-state index is 0.382. The van der Waals surface area contributed by atoms with Crippen molar-refractivity contribution in [2.75, 3.05) is 13.2 Å². The summed E-state index contributed by atoms with van der Waals surface area (Å²) in [6.45, 7) is 6.33. The molecule has 1 aliphatic rings. The molecular weight excluding hydrogens is 198 g/mol. The van der Waals surface area contributed by atoms with E-state index in [9.17, 15) is 0 Å². The Morgan fingerprint density at radius 3 is 3.12 bits per heavy atom. The number of fused-ring (bicyclic) bond motifs is 1. The van der Waals surface area contributed by atoms with Crippen LogP contribution in [-0.2, 0) is 6.42 Å². The van der Waals surface area contributed by atoms with E-state index in [1.807, 2.05) is 0 Å². The molecule has 1 heterocycles. The van der Waals surface area contributed by atoms with Crippen LogP contribution in [-0.4, -0.2) is 13.2 Å². The van der Waals surface area contributed by atoms with Crippen molar-refractivity contribution in [1.82, 2.24) is 5.32 Å². The molecule has 0 amide bonds. The van der Waals surface area contributed by atoms with Gasteiger partial charge in [-0.1, -0.05) is 25.1 Å². The Hall–Kier alpha value is -1.02. The predicted octanol–water partition coefficient (Wildman–Crippen LogP) is 3.07. The van der Waals surface area contributed by atoms with Crippen molar-refractivity contribution < 1.29 is 4.74 Å². The summed E-state index contributed by atoms with van der Waals surface area (Å²) in [5, 5.41) is 3.52. The molecule has 0 saturated carbocycles. The molecule has 1 N–H and O–H groups in total. The second-order valence-corrected chi connectivity index (χ2v) is 4.46. The van der Waals surface area contributed by atoms with Gasteiger partial charge in [0.15, 0.2) is 0 Å². The predicted molar refractivity (Wildman–Crippen MR) is 67.0 cm³/mol. The maximum Gasteiger partial charge on any atom is 0.127 e. The molecular formula is C14H21NO. The van der Waals surface area contributed by atoms with E-state index < -0.39 is 0 Å². The van der Waals surface area contributed by atoms with Crippen molar-refractivity contribution in [3.63, 3.8) is 0 Å². The zero-order valence-electron chi connectivity index (χ0n) is 10.3. The highest BCUT2D eigenvalue weighted by Gasteiger charge is 2.17. The van der Waals surface area contributed by atoms with Gasteiger partial charge in [0.05, 0.1) is 6.61 Å². The molecule has 1 unspecified atom stereocenters. The lowest BCUT2D eigenvalue weighted by Crippen LogP contribution is -2.21. The summed E-state index contributed by atoms with van der Waals surface area (Å²) >= 11 is 0. The van der Waals surface area contributed by atoms with E-state index in [4.69, 9.17) is 4.74 Å². The van der Waals surface area contributed by atoms with Crippen LogP contribution in [0, 0.1) is 0 Å². The average molecular weight is 219 g/mol. The molecule has 0 spiro atoms. The fourth-order valence-electron chi connectivity index (χ4n) is 2.23. The molecule has 0 radical (unpaired) electrons. The maximum absolute atomic E-state index is 5.82. The van der Waals surface area contributed by atoms with Gasteiger partial charge in [-0.3, -0.25) is 0 Å². The van der Waals surface area contributed by atoms with Crippen molar-refractivity contribution in [3.8, 4) is 5.75 Å². The molecule has 0 aromatic heterocycles. The average Bonchev–Trinajstić information content (AvgIpc) is 2.35. The zero-order chi connectivity index (χ0) is 11.4. The van der Waals surface area contributed by atoms with Gasteiger partial charge in [0, 0.05) is 11.6 Å². The third kappa shape index (κ3) is 2.38. The lowest BCUT2D eigenvalue weighted by Gasteiger charge is -2.23. The van der Waals surface area contributed by atoms with Gasteiger partial charge in [-0.2, -0.15) is 0 Å². The molecule has 1 aromatic rings. The van der Waals surface area contributed by atoms with Crippen molar-refractivity contribution >= 4 is 0 Å². The fourth-order valence-corrected chi connectivity index (χ4v) is 2.23. The molecule has 0 fully saturated rings. The van der Waals surface area contributed by atoms with Crippen LogP contribution in [0.1, 0.15) is 43.9 Å². The Bertz CT molecular complexity index is 349. The Labute approximate surface area is 98.0 Å². The van der Waals surface area contributed by atoms with Crippen molar-refractivity contribution in [1.29, 1.82) is 0 Å². The third-order valence-electron chi connectivity index (χ3n) is 3.13. The van der Waals surface area contributed by atoms with Gasteiger partial charge in [-0.25, -0.2) is 0 Å². The molecule has 1 aromatic carbocycles. The molecule has 16 heavy (non-hydrogen) atoms. The summed E-state index contributed by atoms with van der Waals surface area (Å²) in [5.74, 6) is 1.13.